The second-order valence-corrected chi connectivity index (χ2v) is 4.00. The monoisotopic (exact) mass is 244 g/mol. The van der Waals surface area contributed by atoms with Crippen molar-refractivity contribution in [2.24, 2.45) is 5.92 Å². The highest BCUT2D eigenvalue weighted by Crippen LogP contribution is 2.16. The highest BCUT2D eigenvalue weighted by molar-refractivity contribution is 7.59. The number of pyridine rings is 1. The van der Waals surface area contributed by atoms with Gasteiger partial charge in [0, 0.05) is 5.69 Å². The molecule has 16 heavy (non-hydrogen) atoms. The molecule has 1 aromatic rings. The van der Waals surface area contributed by atoms with Crippen molar-refractivity contribution in [1.82, 2.24) is 10.3 Å². The average molecular weight is 244 g/mol. The van der Waals surface area contributed by atoms with E-state index in [4.69, 9.17) is 0 Å². The molecule has 1 saturated heterocycles. The first-order chi connectivity index (χ1) is 6.74. The van der Waals surface area contributed by atoms with E-state index in [1.54, 1.807) is 6.07 Å². The topological polar surface area (TPSA) is 24.9 Å². The summed E-state index contributed by atoms with van der Waals surface area (Å²) in [6.45, 7) is 3.99. The number of rotatable bonds is 2. The van der Waals surface area contributed by atoms with Crippen molar-refractivity contribution in [3.05, 3.63) is 29.3 Å². The van der Waals surface area contributed by atoms with Crippen molar-refractivity contribution in [3.63, 3.8) is 0 Å². The Hall–Kier alpha value is -0.610. The van der Waals surface area contributed by atoms with E-state index in [2.05, 4.69) is 10.3 Å². The molecular formula is C12H21FN2S. The molecule has 1 aliphatic heterocycles. The van der Waals surface area contributed by atoms with E-state index in [1.165, 1.54) is 6.42 Å². The van der Waals surface area contributed by atoms with Crippen LogP contribution in [0.2, 0.25) is 0 Å². The number of aryl methyl sites for hydroxylation is 1. The summed E-state index contributed by atoms with van der Waals surface area (Å²) in [4.78, 5) is 3.73. The summed E-state index contributed by atoms with van der Waals surface area (Å²) in [7, 11) is 0. The summed E-state index contributed by atoms with van der Waals surface area (Å²) in [6, 6.07) is 3.52. The molecule has 4 heteroatoms. The molecule has 0 amide bonds. The molecule has 1 atom stereocenters. The number of nitrogens with zero attached hydrogens (tertiary/aromatic N) is 1. The summed E-state index contributed by atoms with van der Waals surface area (Å²) < 4.78 is 13.0. The van der Waals surface area contributed by atoms with Crippen molar-refractivity contribution in [1.29, 1.82) is 0 Å². The molecule has 0 bridgehead atoms. The minimum absolute atomic E-state index is 0. The molecule has 92 valence electrons. The fraction of sp³-hybridized carbons (Fsp3) is 0.583. The third-order valence-electron chi connectivity index (χ3n) is 2.67. The lowest BCUT2D eigenvalue weighted by Crippen LogP contribution is -2.11. The zero-order valence-corrected chi connectivity index (χ0v) is 9.89. The number of hydrogen-bond acceptors (Lipinski definition) is 2. The Bertz CT molecular complexity index is 305. The fourth-order valence-corrected chi connectivity index (χ4v) is 2.04. The zero-order chi connectivity index (χ0) is 9.97. The third kappa shape index (κ3) is 4.10. The molecule has 1 fully saturated rings. The van der Waals surface area contributed by atoms with Crippen LogP contribution in [0.4, 0.5) is 4.39 Å². The van der Waals surface area contributed by atoms with Crippen LogP contribution in [-0.4, -0.2) is 18.1 Å². The van der Waals surface area contributed by atoms with Crippen LogP contribution >= 0.6 is 13.5 Å². The van der Waals surface area contributed by atoms with Crippen molar-refractivity contribution in [2.45, 2.75) is 27.2 Å². The van der Waals surface area contributed by atoms with Crippen LogP contribution in [0.1, 0.15) is 25.1 Å². The maximum atomic E-state index is 13.0. The third-order valence-corrected chi connectivity index (χ3v) is 2.67. The van der Waals surface area contributed by atoms with E-state index in [0.717, 1.165) is 30.8 Å². The molecular weight excluding hydrogens is 223 g/mol. The molecule has 2 rings (SSSR count). The van der Waals surface area contributed by atoms with Crippen molar-refractivity contribution in [3.8, 4) is 0 Å². The van der Waals surface area contributed by atoms with Gasteiger partial charge in [0.2, 0.25) is 5.95 Å². The van der Waals surface area contributed by atoms with Gasteiger partial charge in [-0.15, -0.1) is 0 Å². The van der Waals surface area contributed by atoms with Gasteiger partial charge in [0.05, 0.1) is 0 Å². The van der Waals surface area contributed by atoms with Crippen LogP contribution in [-0.2, 0) is 6.42 Å². The van der Waals surface area contributed by atoms with Crippen LogP contribution in [0, 0.1) is 18.8 Å². The minimum Gasteiger partial charge on any atom is -0.316 e. The quantitative estimate of drug-likeness (QED) is 0.808. The molecule has 0 radical (unpaired) electrons. The van der Waals surface area contributed by atoms with Gasteiger partial charge in [0.25, 0.3) is 0 Å². The second kappa shape index (κ2) is 6.86. The lowest BCUT2D eigenvalue weighted by atomic mass is 9.99. The van der Waals surface area contributed by atoms with Crippen molar-refractivity contribution < 1.29 is 4.39 Å². The SMILES string of the molecule is C.Cc1cc(CC2CCNC2)cc(F)n1.S. The Balaban J connectivity index is 0.00000112. The predicted molar refractivity (Wildman–Crippen MR) is 70.7 cm³/mol. The van der Waals surface area contributed by atoms with E-state index in [9.17, 15) is 4.39 Å². The zero-order valence-electron chi connectivity index (χ0n) is 8.89. The number of aromatic nitrogens is 1. The van der Waals surface area contributed by atoms with E-state index in [-0.39, 0.29) is 26.9 Å². The van der Waals surface area contributed by atoms with Crippen molar-refractivity contribution in [2.75, 3.05) is 13.1 Å². The normalized spacial score (nSPS) is 18.8. The first-order valence-corrected chi connectivity index (χ1v) is 5.08. The van der Waals surface area contributed by atoms with E-state index in [0.29, 0.717) is 5.92 Å². The van der Waals surface area contributed by atoms with Gasteiger partial charge in [-0.3, -0.25) is 0 Å². The molecule has 2 heterocycles. The maximum Gasteiger partial charge on any atom is 0.213 e. The van der Waals surface area contributed by atoms with E-state index < -0.39 is 0 Å². The van der Waals surface area contributed by atoms with Crippen LogP contribution in [0.25, 0.3) is 0 Å². The van der Waals surface area contributed by atoms with Gasteiger partial charge < -0.3 is 5.32 Å². The Morgan fingerprint density at radius 1 is 1.50 bits per heavy atom. The van der Waals surface area contributed by atoms with Crippen LogP contribution in [0.15, 0.2) is 12.1 Å². The highest BCUT2D eigenvalue weighted by Gasteiger charge is 2.15. The average Bonchev–Trinajstić information content (AvgIpc) is 2.54. The second-order valence-electron chi connectivity index (χ2n) is 4.00. The van der Waals surface area contributed by atoms with Crippen LogP contribution < -0.4 is 5.32 Å². The lowest BCUT2D eigenvalue weighted by molar-refractivity contribution is 0.557. The van der Waals surface area contributed by atoms with Gasteiger partial charge >= 0.3 is 0 Å². The first-order valence-electron chi connectivity index (χ1n) is 5.08. The molecule has 1 aromatic heterocycles. The first kappa shape index (κ1) is 15.4. The molecule has 1 unspecified atom stereocenters. The van der Waals surface area contributed by atoms with Crippen LogP contribution in [0.3, 0.4) is 0 Å². The summed E-state index contributed by atoms with van der Waals surface area (Å²) in [5.74, 6) is 0.308. The molecule has 0 saturated carbocycles. The van der Waals surface area contributed by atoms with Gasteiger partial charge in [0.15, 0.2) is 0 Å². The number of hydrogen-bond donors (Lipinski definition) is 1. The Morgan fingerprint density at radius 2 is 2.25 bits per heavy atom. The predicted octanol–water partition coefficient (Wildman–Crippen LogP) is 2.43. The molecule has 1 N–H and O–H groups in total. The Kier molecular flexibility index (Phi) is 6.60. The summed E-state index contributed by atoms with van der Waals surface area (Å²) in [5.41, 5.74) is 1.84. The van der Waals surface area contributed by atoms with Gasteiger partial charge in [-0.1, -0.05) is 7.43 Å². The summed E-state index contributed by atoms with van der Waals surface area (Å²) >= 11 is 0. The van der Waals surface area contributed by atoms with Gasteiger partial charge in [-0.2, -0.15) is 17.9 Å². The van der Waals surface area contributed by atoms with Crippen molar-refractivity contribution >= 4 is 13.5 Å². The molecule has 2 nitrogen and oxygen atoms in total. The smallest absolute Gasteiger partial charge is 0.213 e. The maximum absolute atomic E-state index is 13.0. The lowest BCUT2D eigenvalue weighted by Gasteiger charge is -2.08. The van der Waals surface area contributed by atoms with Crippen LogP contribution in [0.5, 0.6) is 0 Å². The Labute approximate surface area is 104 Å². The van der Waals surface area contributed by atoms with Gasteiger partial charge in [0.1, 0.15) is 0 Å². The summed E-state index contributed by atoms with van der Waals surface area (Å²) in [5, 5.41) is 3.31. The van der Waals surface area contributed by atoms with Gasteiger partial charge in [-0.25, -0.2) is 4.98 Å². The van der Waals surface area contributed by atoms with Gasteiger partial charge in [-0.05, 0) is 56.5 Å². The largest absolute Gasteiger partial charge is 0.316 e. The molecule has 0 aliphatic carbocycles. The number of halogens is 1. The minimum atomic E-state index is -0.356. The standard InChI is InChI=1S/C11H15FN2.CH4.H2S/c1-8-4-10(6-11(12)14-8)5-9-2-3-13-7-9;;/h4,6,9,13H,2-3,5,7H2,1H3;1H4;1H2. The van der Waals surface area contributed by atoms with E-state index >= 15 is 0 Å². The summed E-state index contributed by atoms with van der Waals surface area (Å²) in [6.07, 6.45) is 2.16. The highest BCUT2D eigenvalue weighted by atomic mass is 32.1. The van der Waals surface area contributed by atoms with E-state index in [1.807, 2.05) is 13.0 Å². The Morgan fingerprint density at radius 3 is 2.81 bits per heavy atom. The molecule has 0 spiro atoms. The molecule has 0 aromatic carbocycles. The fourth-order valence-electron chi connectivity index (χ4n) is 2.04. The number of nitrogens with one attached hydrogen (secondary N) is 1. The molecule has 1 aliphatic rings.